The quantitative estimate of drug-likeness (QED) is 0.259. The van der Waals surface area contributed by atoms with E-state index in [1.807, 2.05) is 7.05 Å². The number of nitrogens with one attached hydrogen (secondary N) is 1. The topological polar surface area (TPSA) is 57.1 Å². The largest absolute Gasteiger partial charge is 0.387 e. The van der Waals surface area contributed by atoms with Gasteiger partial charge in [0.25, 0.3) is 0 Å². The molecule has 0 radical (unpaired) electrons. The summed E-state index contributed by atoms with van der Waals surface area (Å²) in [5.74, 6) is 3.50. The summed E-state index contributed by atoms with van der Waals surface area (Å²) in [6.45, 7) is 5.84. The molecule has 7 heteroatoms. The smallest absolute Gasteiger partial charge is 0.193 e. The first-order valence-corrected chi connectivity index (χ1v) is 9.16. The molecule has 1 aliphatic heterocycles. The minimum Gasteiger partial charge on any atom is -0.387 e. The molecule has 0 aromatic heterocycles. The van der Waals surface area contributed by atoms with Crippen LogP contribution in [0.15, 0.2) is 4.99 Å². The van der Waals surface area contributed by atoms with Crippen LogP contribution in [0, 0.1) is 5.92 Å². The molecule has 5 nitrogen and oxygen atoms in total. The van der Waals surface area contributed by atoms with Crippen molar-refractivity contribution < 1.29 is 9.84 Å². The van der Waals surface area contributed by atoms with Gasteiger partial charge in [0, 0.05) is 32.5 Å². The van der Waals surface area contributed by atoms with Gasteiger partial charge in [-0.15, -0.1) is 24.0 Å². The van der Waals surface area contributed by atoms with Gasteiger partial charge in [0.2, 0.25) is 0 Å². The standard InChI is InChI=1S/C15H29N3O2S.HI/c1-3-16-14(17-11-15(19)6-9-21-12-15)18(2)7-8-20-10-13-4-5-13;/h13,19H,3-12H2,1-2H3,(H,16,17);1H. The van der Waals surface area contributed by atoms with Crippen LogP contribution in [0.3, 0.4) is 0 Å². The van der Waals surface area contributed by atoms with Gasteiger partial charge < -0.3 is 20.1 Å². The highest BCUT2D eigenvalue weighted by molar-refractivity contribution is 14.0. The number of likely N-dealkylation sites (N-methyl/N-ethyl adjacent to an activating group) is 1. The normalized spacial score (nSPS) is 25.0. The lowest BCUT2D eigenvalue weighted by Gasteiger charge is -2.24. The number of aliphatic imine (C=N–C) groups is 1. The third-order valence-electron chi connectivity index (χ3n) is 3.92. The lowest BCUT2D eigenvalue weighted by Crippen LogP contribution is -2.42. The van der Waals surface area contributed by atoms with Gasteiger partial charge in [-0.25, -0.2) is 0 Å². The predicted molar refractivity (Wildman–Crippen MR) is 104 cm³/mol. The zero-order chi connectivity index (χ0) is 15.1. The molecular weight excluding hydrogens is 413 g/mol. The maximum absolute atomic E-state index is 10.4. The molecule has 0 amide bonds. The molecule has 1 aliphatic carbocycles. The van der Waals surface area contributed by atoms with Crippen molar-refractivity contribution in [2.45, 2.75) is 31.8 Å². The highest BCUT2D eigenvalue weighted by Crippen LogP contribution is 2.29. The van der Waals surface area contributed by atoms with Crippen molar-refractivity contribution >= 4 is 41.7 Å². The van der Waals surface area contributed by atoms with Crippen molar-refractivity contribution in [3.05, 3.63) is 0 Å². The fourth-order valence-corrected chi connectivity index (χ4v) is 3.54. The third kappa shape index (κ3) is 7.23. The number of rotatable bonds is 8. The summed E-state index contributed by atoms with van der Waals surface area (Å²) in [5, 5.41) is 13.7. The molecule has 130 valence electrons. The fourth-order valence-electron chi connectivity index (χ4n) is 2.25. The van der Waals surface area contributed by atoms with Crippen molar-refractivity contribution in [2.75, 3.05) is 51.4 Å². The Hall–Kier alpha value is 0.270. The Bertz CT molecular complexity index is 348. The fraction of sp³-hybridized carbons (Fsp3) is 0.933. The average Bonchev–Trinajstić information content (AvgIpc) is 3.20. The van der Waals surface area contributed by atoms with Gasteiger partial charge in [-0.1, -0.05) is 0 Å². The zero-order valence-corrected chi connectivity index (χ0v) is 16.9. The Labute approximate surface area is 155 Å². The Morgan fingerprint density at radius 1 is 1.50 bits per heavy atom. The van der Waals surface area contributed by atoms with E-state index in [0.29, 0.717) is 6.54 Å². The Morgan fingerprint density at radius 2 is 2.27 bits per heavy atom. The predicted octanol–water partition coefficient (Wildman–Crippen LogP) is 1.80. The maximum atomic E-state index is 10.4. The highest BCUT2D eigenvalue weighted by atomic mass is 127. The van der Waals surface area contributed by atoms with Crippen LogP contribution in [-0.2, 0) is 4.74 Å². The molecule has 1 unspecified atom stereocenters. The molecule has 1 saturated heterocycles. The van der Waals surface area contributed by atoms with Crippen LogP contribution in [0.25, 0.3) is 0 Å². The van der Waals surface area contributed by atoms with Crippen LogP contribution in [-0.4, -0.2) is 73.0 Å². The average molecular weight is 443 g/mol. The molecule has 0 aromatic rings. The van der Waals surface area contributed by atoms with Gasteiger partial charge in [-0.2, -0.15) is 11.8 Å². The number of thioether (sulfide) groups is 1. The van der Waals surface area contributed by atoms with Gasteiger partial charge in [0.05, 0.1) is 18.8 Å². The molecule has 0 spiro atoms. The summed E-state index contributed by atoms with van der Waals surface area (Å²) < 4.78 is 5.68. The molecule has 2 rings (SSSR count). The molecule has 1 heterocycles. The summed E-state index contributed by atoms with van der Waals surface area (Å²) in [5.41, 5.74) is -0.616. The summed E-state index contributed by atoms with van der Waals surface area (Å²) in [4.78, 5) is 6.69. The highest BCUT2D eigenvalue weighted by Gasteiger charge is 2.31. The van der Waals surface area contributed by atoms with Gasteiger partial charge in [0.1, 0.15) is 0 Å². The van der Waals surface area contributed by atoms with Crippen molar-refractivity contribution in [1.82, 2.24) is 10.2 Å². The maximum Gasteiger partial charge on any atom is 0.193 e. The van der Waals surface area contributed by atoms with E-state index in [0.717, 1.165) is 56.1 Å². The second-order valence-corrected chi connectivity index (χ2v) is 7.24. The molecule has 2 aliphatic rings. The van der Waals surface area contributed by atoms with Crippen LogP contribution < -0.4 is 5.32 Å². The summed E-state index contributed by atoms with van der Waals surface area (Å²) in [7, 11) is 2.02. The number of hydrogen-bond acceptors (Lipinski definition) is 4. The van der Waals surface area contributed by atoms with Gasteiger partial charge in [0.15, 0.2) is 5.96 Å². The first-order chi connectivity index (χ1) is 10.1. The first-order valence-electron chi connectivity index (χ1n) is 8.00. The van der Waals surface area contributed by atoms with E-state index in [4.69, 9.17) is 4.74 Å². The number of nitrogens with zero attached hydrogens (tertiary/aromatic N) is 2. The minimum absolute atomic E-state index is 0. The molecule has 1 saturated carbocycles. The van der Waals surface area contributed by atoms with E-state index in [1.54, 1.807) is 11.8 Å². The molecule has 22 heavy (non-hydrogen) atoms. The van der Waals surface area contributed by atoms with Crippen molar-refractivity contribution in [3.8, 4) is 0 Å². The van der Waals surface area contributed by atoms with Crippen LogP contribution >= 0.6 is 35.7 Å². The van der Waals surface area contributed by atoms with Crippen molar-refractivity contribution in [2.24, 2.45) is 10.9 Å². The first kappa shape index (κ1) is 20.3. The lowest BCUT2D eigenvalue weighted by atomic mass is 10.1. The number of guanidine groups is 1. The van der Waals surface area contributed by atoms with E-state index in [-0.39, 0.29) is 24.0 Å². The Morgan fingerprint density at radius 3 is 2.86 bits per heavy atom. The SMILES string of the molecule is CCNC(=NCC1(O)CCSC1)N(C)CCOCC1CC1.I. The van der Waals surface area contributed by atoms with Crippen molar-refractivity contribution in [1.29, 1.82) is 0 Å². The summed E-state index contributed by atoms with van der Waals surface area (Å²) >= 11 is 1.81. The van der Waals surface area contributed by atoms with E-state index >= 15 is 0 Å². The third-order valence-corrected chi connectivity index (χ3v) is 5.16. The number of halogens is 1. The summed E-state index contributed by atoms with van der Waals surface area (Å²) in [6.07, 6.45) is 3.50. The summed E-state index contributed by atoms with van der Waals surface area (Å²) in [6, 6.07) is 0. The van der Waals surface area contributed by atoms with E-state index in [2.05, 4.69) is 22.1 Å². The number of hydrogen-bond donors (Lipinski definition) is 2. The Kier molecular flexibility index (Phi) is 9.42. The molecule has 2 N–H and O–H groups in total. The van der Waals surface area contributed by atoms with Gasteiger partial charge in [-0.3, -0.25) is 4.99 Å². The number of aliphatic hydroxyl groups is 1. The number of ether oxygens (including phenoxy) is 1. The van der Waals surface area contributed by atoms with Gasteiger partial charge >= 0.3 is 0 Å². The molecular formula is C15H30IN3O2S. The monoisotopic (exact) mass is 443 g/mol. The van der Waals surface area contributed by atoms with Crippen molar-refractivity contribution in [3.63, 3.8) is 0 Å². The van der Waals surface area contributed by atoms with Crippen LogP contribution in [0.4, 0.5) is 0 Å². The van der Waals surface area contributed by atoms with Gasteiger partial charge in [-0.05, 0) is 37.9 Å². The second kappa shape index (κ2) is 10.2. The Balaban J connectivity index is 0.00000242. The van der Waals surface area contributed by atoms with E-state index in [9.17, 15) is 5.11 Å². The van der Waals surface area contributed by atoms with E-state index in [1.165, 1.54) is 12.8 Å². The van der Waals surface area contributed by atoms with E-state index < -0.39 is 5.60 Å². The minimum atomic E-state index is -0.616. The molecule has 1 atom stereocenters. The molecule has 2 fully saturated rings. The van der Waals surface area contributed by atoms with Crippen LogP contribution in [0.2, 0.25) is 0 Å². The molecule has 0 bridgehead atoms. The van der Waals surface area contributed by atoms with Crippen LogP contribution in [0.5, 0.6) is 0 Å². The molecule has 0 aromatic carbocycles. The van der Waals surface area contributed by atoms with Crippen LogP contribution in [0.1, 0.15) is 26.2 Å². The second-order valence-electron chi connectivity index (χ2n) is 6.14. The zero-order valence-electron chi connectivity index (χ0n) is 13.7. The lowest BCUT2D eigenvalue weighted by molar-refractivity contribution is 0.0774.